The van der Waals surface area contributed by atoms with E-state index in [-0.39, 0.29) is 0 Å². The summed E-state index contributed by atoms with van der Waals surface area (Å²) in [6, 6.07) is 22.2. The molecule has 0 nitrogen and oxygen atoms in total. The number of fused-ring (bicyclic) bond motifs is 5. The molecule has 3 aromatic carbocycles. The molecule has 0 spiro atoms. The molecule has 0 saturated carbocycles. The van der Waals surface area contributed by atoms with Crippen molar-refractivity contribution in [1.29, 1.82) is 0 Å². The van der Waals surface area contributed by atoms with Gasteiger partial charge in [0, 0.05) is 9.79 Å². The molecule has 0 saturated heterocycles. The van der Waals surface area contributed by atoms with Crippen LogP contribution in [0.1, 0.15) is 0 Å². The average Bonchev–Trinajstić information content (AvgIpc) is 2.68. The van der Waals surface area contributed by atoms with Crippen molar-refractivity contribution in [3.8, 4) is 11.1 Å². The van der Waals surface area contributed by atoms with Crippen LogP contribution in [-0.4, -0.2) is 12.5 Å². The summed E-state index contributed by atoms with van der Waals surface area (Å²) < 4.78 is 0. The molecule has 4 rings (SSSR count). The standard InChI is InChI=1S/C18H16S/c1-19(2)17-10-6-5-9-15(17)16-12-11-13-7-3-4-8-14(13)18(16)19/h3-12H,1-2H3. The fraction of sp³-hybridized carbons (Fsp3) is 0.111. The van der Waals surface area contributed by atoms with E-state index in [0.717, 1.165) is 0 Å². The van der Waals surface area contributed by atoms with Gasteiger partial charge < -0.3 is 0 Å². The molecule has 1 heteroatoms. The quantitative estimate of drug-likeness (QED) is 0.516. The van der Waals surface area contributed by atoms with Crippen LogP contribution in [0.4, 0.5) is 0 Å². The fourth-order valence-corrected chi connectivity index (χ4v) is 6.08. The first-order valence-corrected chi connectivity index (χ1v) is 8.99. The van der Waals surface area contributed by atoms with Crippen molar-refractivity contribution in [1.82, 2.24) is 0 Å². The zero-order valence-electron chi connectivity index (χ0n) is 11.2. The van der Waals surface area contributed by atoms with Gasteiger partial charge in [0.2, 0.25) is 0 Å². The van der Waals surface area contributed by atoms with Gasteiger partial charge in [-0.3, -0.25) is 0 Å². The third-order valence-corrected chi connectivity index (χ3v) is 7.03. The monoisotopic (exact) mass is 264 g/mol. The second kappa shape index (κ2) is 3.64. The minimum absolute atomic E-state index is 0.892. The zero-order chi connectivity index (χ0) is 13.0. The van der Waals surface area contributed by atoms with Crippen molar-refractivity contribution in [2.75, 3.05) is 12.5 Å². The van der Waals surface area contributed by atoms with Gasteiger partial charge >= 0.3 is 0 Å². The number of rotatable bonds is 0. The minimum Gasteiger partial charge on any atom is -0.192 e. The van der Waals surface area contributed by atoms with Gasteiger partial charge in [0.25, 0.3) is 0 Å². The molecule has 0 unspecified atom stereocenters. The third-order valence-electron chi connectivity index (χ3n) is 4.12. The second-order valence-electron chi connectivity index (χ2n) is 5.49. The van der Waals surface area contributed by atoms with E-state index in [4.69, 9.17) is 0 Å². The highest BCUT2D eigenvalue weighted by Crippen LogP contribution is 2.68. The summed E-state index contributed by atoms with van der Waals surface area (Å²) in [4.78, 5) is 3.09. The van der Waals surface area contributed by atoms with Crippen LogP contribution in [-0.2, 0) is 0 Å². The first-order chi connectivity index (χ1) is 9.19. The van der Waals surface area contributed by atoms with Crippen molar-refractivity contribution >= 4 is 20.8 Å². The molecule has 0 fully saturated rings. The van der Waals surface area contributed by atoms with E-state index in [9.17, 15) is 0 Å². The Hall–Kier alpha value is -1.73. The van der Waals surface area contributed by atoms with E-state index in [0.29, 0.717) is 0 Å². The molecule has 0 aromatic heterocycles. The Labute approximate surface area is 115 Å². The normalized spacial score (nSPS) is 16.9. The lowest BCUT2D eigenvalue weighted by atomic mass is 10.0. The predicted octanol–water partition coefficient (Wildman–Crippen LogP) is 5.30. The fourth-order valence-electron chi connectivity index (χ4n) is 3.25. The van der Waals surface area contributed by atoms with Crippen molar-refractivity contribution in [2.24, 2.45) is 0 Å². The smallest absolute Gasteiger partial charge is 0.00941 e. The zero-order valence-corrected chi connectivity index (χ0v) is 12.0. The summed E-state index contributed by atoms with van der Waals surface area (Å²) in [6.45, 7) is 0. The number of hydrogen-bond acceptors (Lipinski definition) is 0. The Kier molecular flexibility index (Phi) is 2.13. The van der Waals surface area contributed by atoms with Crippen molar-refractivity contribution < 1.29 is 0 Å². The summed E-state index contributed by atoms with van der Waals surface area (Å²) in [5, 5.41) is 2.78. The second-order valence-corrected chi connectivity index (χ2v) is 8.99. The highest BCUT2D eigenvalue weighted by atomic mass is 32.3. The SMILES string of the molecule is CS1(C)c2ccccc2-c2ccc3ccccc3c21. The van der Waals surface area contributed by atoms with Crippen LogP contribution in [0.25, 0.3) is 21.9 Å². The van der Waals surface area contributed by atoms with Crippen molar-refractivity contribution in [2.45, 2.75) is 9.79 Å². The van der Waals surface area contributed by atoms with Crippen molar-refractivity contribution in [3.63, 3.8) is 0 Å². The van der Waals surface area contributed by atoms with Crippen LogP contribution in [0, 0.1) is 0 Å². The summed E-state index contributed by atoms with van der Waals surface area (Å²) in [5.41, 5.74) is 2.87. The molecular formula is C18H16S. The summed E-state index contributed by atoms with van der Waals surface area (Å²) in [5.74, 6) is 0. The van der Waals surface area contributed by atoms with Crippen LogP contribution in [0.15, 0.2) is 70.5 Å². The van der Waals surface area contributed by atoms with E-state index in [1.165, 1.54) is 26.8 Å². The Morgan fingerprint density at radius 2 is 1.42 bits per heavy atom. The lowest BCUT2D eigenvalue weighted by molar-refractivity contribution is 1.46. The van der Waals surface area contributed by atoms with Gasteiger partial charge in [-0.15, -0.1) is 0 Å². The molecule has 1 aliphatic rings. The maximum absolute atomic E-state index is 2.42. The average molecular weight is 264 g/mol. The third kappa shape index (κ3) is 1.36. The lowest BCUT2D eigenvalue weighted by Gasteiger charge is -2.29. The minimum atomic E-state index is -0.892. The highest BCUT2D eigenvalue weighted by Gasteiger charge is 2.32. The van der Waals surface area contributed by atoms with Gasteiger partial charge in [-0.05, 0) is 40.5 Å². The predicted molar refractivity (Wildman–Crippen MR) is 85.4 cm³/mol. The summed E-state index contributed by atoms with van der Waals surface area (Å²) in [6.07, 6.45) is 4.84. The molecule has 3 aromatic rings. The maximum Gasteiger partial charge on any atom is 0.00941 e. The van der Waals surface area contributed by atoms with Gasteiger partial charge in [-0.25, -0.2) is 0 Å². The van der Waals surface area contributed by atoms with Crippen molar-refractivity contribution in [3.05, 3.63) is 60.7 Å². The summed E-state index contributed by atoms with van der Waals surface area (Å²) in [7, 11) is -0.892. The molecule has 19 heavy (non-hydrogen) atoms. The van der Waals surface area contributed by atoms with Crippen LogP contribution in [0.5, 0.6) is 0 Å². The molecule has 0 bridgehead atoms. The van der Waals surface area contributed by atoms with Gasteiger partial charge in [0.05, 0.1) is 0 Å². The molecule has 0 radical (unpaired) electrons. The first-order valence-electron chi connectivity index (χ1n) is 6.54. The Balaban J connectivity index is 2.20. The first kappa shape index (κ1) is 11.1. The van der Waals surface area contributed by atoms with Gasteiger partial charge in [-0.2, -0.15) is 10.0 Å². The number of hydrogen-bond donors (Lipinski definition) is 0. The Morgan fingerprint density at radius 1 is 0.684 bits per heavy atom. The molecule has 0 aliphatic carbocycles. The molecule has 94 valence electrons. The van der Waals surface area contributed by atoms with Gasteiger partial charge in [-0.1, -0.05) is 54.6 Å². The van der Waals surface area contributed by atoms with Crippen LogP contribution in [0.3, 0.4) is 0 Å². The van der Waals surface area contributed by atoms with Crippen LogP contribution < -0.4 is 0 Å². The maximum atomic E-state index is 2.42. The molecule has 0 N–H and O–H groups in total. The van der Waals surface area contributed by atoms with Gasteiger partial charge in [0.15, 0.2) is 0 Å². The van der Waals surface area contributed by atoms with E-state index < -0.39 is 10.0 Å². The lowest BCUT2D eigenvalue weighted by Crippen LogP contribution is -1.93. The van der Waals surface area contributed by atoms with Crippen LogP contribution >= 0.6 is 10.0 Å². The topological polar surface area (TPSA) is 0 Å². The molecule has 1 aliphatic heterocycles. The largest absolute Gasteiger partial charge is 0.192 e. The van der Waals surface area contributed by atoms with Gasteiger partial charge in [0.1, 0.15) is 0 Å². The summed E-state index contributed by atoms with van der Waals surface area (Å²) >= 11 is 0. The molecule has 0 amide bonds. The highest BCUT2D eigenvalue weighted by molar-refractivity contribution is 8.33. The Bertz CT molecular complexity index is 800. The van der Waals surface area contributed by atoms with E-state index in [1.54, 1.807) is 4.90 Å². The number of benzene rings is 3. The van der Waals surface area contributed by atoms with Crippen LogP contribution in [0.2, 0.25) is 0 Å². The molecule has 1 heterocycles. The Morgan fingerprint density at radius 3 is 2.32 bits per heavy atom. The molecule has 0 atom stereocenters. The van der Waals surface area contributed by atoms with E-state index in [2.05, 4.69) is 73.2 Å². The van der Waals surface area contributed by atoms with E-state index >= 15 is 0 Å². The molecular weight excluding hydrogens is 248 g/mol. The van der Waals surface area contributed by atoms with E-state index in [1.807, 2.05) is 0 Å².